The summed E-state index contributed by atoms with van der Waals surface area (Å²) in [6, 6.07) is 18.1. The van der Waals surface area contributed by atoms with Crippen LogP contribution in [0.4, 0.5) is 0 Å². The van der Waals surface area contributed by atoms with Crippen LogP contribution in [0, 0.1) is 10.8 Å². The van der Waals surface area contributed by atoms with E-state index < -0.39 is 0 Å². The second-order valence-corrected chi connectivity index (χ2v) is 8.34. The minimum absolute atomic E-state index is 0.0152. The fourth-order valence-corrected chi connectivity index (χ4v) is 5.86. The first-order chi connectivity index (χ1) is 10.8. The van der Waals surface area contributed by atoms with Gasteiger partial charge >= 0.3 is 0 Å². The van der Waals surface area contributed by atoms with Crippen molar-refractivity contribution in [2.45, 2.75) is 47.0 Å². The Morgan fingerprint density at radius 1 is 0.565 bits per heavy atom. The van der Waals surface area contributed by atoms with E-state index in [-0.39, 0.29) is 16.2 Å². The lowest BCUT2D eigenvalue weighted by Crippen LogP contribution is -2.48. The molecule has 23 heavy (non-hydrogen) atoms. The van der Waals surface area contributed by atoms with E-state index in [0.29, 0.717) is 0 Å². The van der Waals surface area contributed by atoms with Gasteiger partial charge in [0.25, 0.3) is 0 Å². The first-order valence-electron chi connectivity index (χ1n) is 8.65. The molecule has 2 aliphatic rings. The van der Waals surface area contributed by atoms with Crippen LogP contribution in [-0.4, -0.2) is 0 Å². The molecule has 0 N–H and O–H groups in total. The van der Waals surface area contributed by atoms with Crippen LogP contribution < -0.4 is 0 Å². The molecule has 0 heteroatoms. The molecule has 0 aliphatic heterocycles. The van der Waals surface area contributed by atoms with E-state index in [1.54, 1.807) is 11.1 Å². The molecule has 0 saturated carbocycles. The first-order valence-corrected chi connectivity index (χ1v) is 8.65. The van der Waals surface area contributed by atoms with Gasteiger partial charge in [-0.2, -0.15) is 0 Å². The van der Waals surface area contributed by atoms with Crippen LogP contribution in [0.2, 0.25) is 0 Å². The Kier molecular flexibility index (Phi) is 2.68. The van der Waals surface area contributed by atoms with Gasteiger partial charge in [0.1, 0.15) is 0 Å². The van der Waals surface area contributed by atoms with Crippen LogP contribution in [0.15, 0.2) is 59.7 Å². The van der Waals surface area contributed by atoms with Crippen molar-refractivity contribution in [1.82, 2.24) is 0 Å². The number of allylic oxidation sites excluding steroid dienone is 2. The molecule has 2 aromatic carbocycles. The summed E-state index contributed by atoms with van der Waals surface area (Å²) in [7, 11) is 0. The highest BCUT2D eigenvalue weighted by Crippen LogP contribution is 2.72. The maximum absolute atomic E-state index is 2.44. The maximum atomic E-state index is 2.44. The third kappa shape index (κ3) is 1.35. The molecule has 2 aliphatic carbocycles. The van der Waals surface area contributed by atoms with Gasteiger partial charge in [0.05, 0.1) is 0 Å². The number of fused-ring (bicyclic) bond motifs is 5. The zero-order valence-corrected chi connectivity index (χ0v) is 15.1. The van der Waals surface area contributed by atoms with Crippen molar-refractivity contribution in [2.75, 3.05) is 0 Å². The molecule has 118 valence electrons. The summed E-state index contributed by atoms with van der Waals surface area (Å²) in [5.41, 5.74) is 9.18. The smallest absolute Gasteiger partial charge is 0.0391 e. The molecule has 0 heterocycles. The highest BCUT2D eigenvalue weighted by molar-refractivity contribution is 5.84. The number of hydrogen-bond acceptors (Lipinski definition) is 0. The third-order valence-electron chi connectivity index (χ3n) is 7.26. The number of benzene rings is 2. The van der Waals surface area contributed by atoms with Gasteiger partial charge in [-0.1, -0.05) is 87.4 Å². The van der Waals surface area contributed by atoms with E-state index in [1.165, 1.54) is 22.3 Å². The Morgan fingerprint density at radius 2 is 0.913 bits per heavy atom. The minimum atomic E-state index is 0.0152. The zero-order chi connectivity index (χ0) is 16.6. The summed E-state index contributed by atoms with van der Waals surface area (Å²) in [5.74, 6) is 0. The average Bonchev–Trinajstić information content (AvgIpc) is 2.90. The Bertz CT molecular complexity index is 774. The highest BCUT2D eigenvalue weighted by atomic mass is 14.7. The molecule has 4 rings (SSSR count). The lowest BCUT2D eigenvalue weighted by Gasteiger charge is -2.50. The van der Waals surface area contributed by atoms with Crippen molar-refractivity contribution in [1.29, 1.82) is 0 Å². The van der Waals surface area contributed by atoms with Gasteiger partial charge < -0.3 is 0 Å². The summed E-state index contributed by atoms with van der Waals surface area (Å²) in [5, 5.41) is 0. The topological polar surface area (TPSA) is 0 Å². The first kappa shape index (κ1) is 14.8. The standard InChI is InChI=1S/C23H26/c1-15-16(2)22(5,6)23(21(15,3)4)19-13-9-7-11-17(19)18-12-8-10-14-20(18)23/h7-14H,1-6H3. The van der Waals surface area contributed by atoms with Crippen molar-refractivity contribution >= 4 is 0 Å². The fraction of sp³-hybridized carbons (Fsp3) is 0.391. The molecule has 0 aromatic heterocycles. The normalized spacial score (nSPS) is 22.3. The second-order valence-electron chi connectivity index (χ2n) is 8.34. The van der Waals surface area contributed by atoms with Gasteiger partial charge in [-0.25, -0.2) is 0 Å². The van der Waals surface area contributed by atoms with E-state index in [1.807, 2.05) is 0 Å². The van der Waals surface area contributed by atoms with Crippen molar-refractivity contribution < 1.29 is 0 Å². The van der Waals surface area contributed by atoms with Gasteiger partial charge in [-0.15, -0.1) is 0 Å². The van der Waals surface area contributed by atoms with E-state index in [9.17, 15) is 0 Å². The van der Waals surface area contributed by atoms with Crippen LogP contribution in [0.3, 0.4) is 0 Å². The van der Waals surface area contributed by atoms with E-state index in [2.05, 4.69) is 90.1 Å². The molecule has 0 radical (unpaired) electrons. The zero-order valence-electron chi connectivity index (χ0n) is 15.1. The van der Waals surface area contributed by atoms with Gasteiger partial charge in [-0.3, -0.25) is 0 Å². The summed E-state index contributed by atoms with van der Waals surface area (Å²) < 4.78 is 0. The van der Waals surface area contributed by atoms with Crippen molar-refractivity contribution in [3.8, 4) is 11.1 Å². The molecule has 2 aromatic rings. The van der Waals surface area contributed by atoms with Crippen LogP contribution in [0.5, 0.6) is 0 Å². The predicted octanol–water partition coefficient (Wildman–Crippen LogP) is 6.36. The molecular formula is C23H26. The second kappa shape index (κ2) is 4.17. The molecule has 0 saturated heterocycles. The minimum Gasteiger partial charge on any atom is -0.0669 e. The Balaban J connectivity index is 2.22. The van der Waals surface area contributed by atoms with Crippen LogP contribution >= 0.6 is 0 Å². The van der Waals surface area contributed by atoms with Gasteiger partial charge in [0.15, 0.2) is 0 Å². The molecule has 0 fully saturated rings. The lowest BCUT2D eigenvalue weighted by molar-refractivity contribution is 0.160. The molecule has 0 atom stereocenters. The number of hydrogen-bond donors (Lipinski definition) is 0. The van der Waals surface area contributed by atoms with Gasteiger partial charge in [0, 0.05) is 16.2 Å². The highest BCUT2D eigenvalue weighted by Gasteiger charge is 2.65. The molecule has 0 amide bonds. The molecule has 0 nitrogen and oxygen atoms in total. The van der Waals surface area contributed by atoms with Crippen molar-refractivity contribution in [3.05, 3.63) is 70.8 Å². The summed E-state index contributed by atoms with van der Waals surface area (Å²) >= 11 is 0. The molecule has 0 bridgehead atoms. The van der Waals surface area contributed by atoms with E-state index in [4.69, 9.17) is 0 Å². The van der Waals surface area contributed by atoms with E-state index in [0.717, 1.165) is 0 Å². The quantitative estimate of drug-likeness (QED) is 0.497. The Morgan fingerprint density at radius 3 is 1.30 bits per heavy atom. The van der Waals surface area contributed by atoms with Crippen molar-refractivity contribution in [2.24, 2.45) is 10.8 Å². The fourth-order valence-electron chi connectivity index (χ4n) is 5.86. The Hall–Kier alpha value is -1.82. The summed E-state index contributed by atoms with van der Waals surface area (Å²) in [6.07, 6.45) is 0. The third-order valence-corrected chi connectivity index (χ3v) is 7.26. The molecule has 0 unspecified atom stereocenters. The lowest BCUT2D eigenvalue weighted by atomic mass is 9.51. The monoisotopic (exact) mass is 302 g/mol. The molecule has 1 spiro atoms. The number of rotatable bonds is 0. The van der Waals surface area contributed by atoms with Crippen LogP contribution in [-0.2, 0) is 5.41 Å². The molecular weight excluding hydrogens is 276 g/mol. The average molecular weight is 302 g/mol. The summed E-state index contributed by atoms with van der Waals surface area (Å²) in [4.78, 5) is 0. The van der Waals surface area contributed by atoms with Gasteiger partial charge in [-0.05, 0) is 36.1 Å². The van der Waals surface area contributed by atoms with Crippen LogP contribution in [0.25, 0.3) is 11.1 Å². The van der Waals surface area contributed by atoms with Crippen molar-refractivity contribution in [3.63, 3.8) is 0 Å². The Labute approximate surface area is 140 Å². The van der Waals surface area contributed by atoms with Gasteiger partial charge in [0.2, 0.25) is 0 Å². The van der Waals surface area contributed by atoms with Crippen LogP contribution in [0.1, 0.15) is 52.7 Å². The maximum Gasteiger partial charge on any atom is 0.0391 e. The SMILES string of the molecule is CC1=C(C)C(C)(C)C2(c3ccccc3-c3ccccc32)C1(C)C. The van der Waals surface area contributed by atoms with E-state index >= 15 is 0 Å². The summed E-state index contributed by atoms with van der Waals surface area (Å²) in [6.45, 7) is 14.5. The largest absolute Gasteiger partial charge is 0.0669 e. The predicted molar refractivity (Wildman–Crippen MR) is 98.6 cm³/mol.